The fourth-order valence-corrected chi connectivity index (χ4v) is 5.08. The van der Waals surface area contributed by atoms with Crippen LogP contribution in [0.3, 0.4) is 0 Å². The summed E-state index contributed by atoms with van der Waals surface area (Å²) in [5.74, 6) is -3.87. The average Bonchev–Trinajstić information content (AvgIpc) is 3.36. The molecular formula is C27H27Cl2F2N3O7S. The molecule has 0 spiro atoms. The van der Waals surface area contributed by atoms with Gasteiger partial charge in [0.1, 0.15) is 29.9 Å². The molecule has 42 heavy (non-hydrogen) atoms. The SMILES string of the molecule is CC(=O)OCC(OC(Sc1ccc(Cl)c(Cl)c1)[C@H](Cn1cc(-c2ccc(F)c(F)c2)nn1)OC(C)=O)[C@@H](C)OC(C)=O. The van der Waals surface area contributed by atoms with E-state index in [-0.39, 0.29) is 29.4 Å². The molecule has 0 saturated heterocycles. The summed E-state index contributed by atoms with van der Waals surface area (Å²) in [5.41, 5.74) is -0.499. The van der Waals surface area contributed by atoms with Crippen LogP contribution in [0.2, 0.25) is 10.0 Å². The average molecular weight is 646 g/mol. The molecule has 0 amide bonds. The number of carbonyl (C=O) groups excluding carboxylic acids is 3. The molecule has 10 nitrogen and oxygen atoms in total. The third kappa shape index (κ3) is 9.93. The van der Waals surface area contributed by atoms with Crippen molar-refractivity contribution in [3.05, 3.63) is 64.3 Å². The Morgan fingerprint density at radius 1 is 0.929 bits per heavy atom. The zero-order valence-electron chi connectivity index (χ0n) is 22.9. The van der Waals surface area contributed by atoms with E-state index < -0.39 is 53.3 Å². The highest BCUT2D eigenvalue weighted by Crippen LogP contribution is 2.34. The number of hydrogen-bond acceptors (Lipinski definition) is 10. The van der Waals surface area contributed by atoms with E-state index >= 15 is 0 Å². The predicted molar refractivity (Wildman–Crippen MR) is 150 cm³/mol. The number of thioether (sulfide) groups is 1. The summed E-state index contributed by atoms with van der Waals surface area (Å²) in [6.45, 7) is 4.82. The number of hydrogen-bond donors (Lipinski definition) is 0. The van der Waals surface area contributed by atoms with Gasteiger partial charge in [0, 0.05) is 31.2 Å². The molecule has 3 aromatic rings. The fraction of sp³-hybridized carbons (Fsp3) is 0.370. The summed E-state index contributed by atoms with van der Waals surface area (Å²) in [6, 6.07) is 8.13. The van der Waals surface area contributed by atoms with Crippen LogP contribution in [0.5, 0.6) is 0 Å². The molecule has 1 heterocycles. The number of benzene rings is 2. The predicted octanol–water partition coefficient (Wildman–Crippen LogP) is 5.48. The summed E-state index contributed by atoms with van der Waals surface area (Å²) < 4.78 is 50.9. The van der Waals surface area contributed by atoms with Gasteiger partial charge in [-0.25, -0.2) is 13.5 Å². The lowest BCUT2D eigenvalue weighted by Gasteiger charge is -2.32. The highest BCUT2D eigenvalue weighted by atomic mass is 35.5. The molecule has 4 atom stereocenters. The highest BCUT2D eigenvalue weighted by molar-refractivity contribution is 7.99. The minimum atomic E-state index is -1.05. The van der Waals surface area contributed by atoms with Crippen molar-refractivity contribution in [1.29, 1.82) is 0 Å². The molecule has 1 aromatic heterocycles. The summed E-state index contributed by atoms with van der Waals surface area (Å²) in [7, 11) is 0. The van der Waals surface area contributed by atoms with Crippen LogP contribution in [0.15, 0.2) is 47.5 Å². The van der Waals surface area contributed by atoms with Gasteiger partial charge in [0.05, 0.1) is 22.8 Å². The van der Waals surface area contributed by atoms with Gasteiger partial charge < -0.3 is 18.9 Å². The number of aromatic nitrogens is 3. The molecule has 226 valence electrons. The first-order chi connectivity index (χ1) is 19.8. The third-order valence-corrected chi connectivity index (χ3v) is 7.43. The number of nitrogens with zero attached hydrogens (tertiary/aromatic N) is 3. The van der Waals surface area contributed by atoms with E-state index in [9.17, 15) is 23.2 Å². The van der Waals surface area contributed by atoms with Crippen molar-refractivity contribution in [2.45, 2.75) is 62.9 Å². The van der Waals surface area contributed by atoms with Gasteiger partial charge in [-0.1, -0.05) is 40.2 Å². The molecule has 2 unspecified atom stereocenters. The number of esters is 3. The van der Waals surface area contributed by atoms with Gasteiger partial charge >= 0.3 is 17.9 Å². The van der Waals surface area contributed by atoms with Crippen molar-refractivity contribution in [3.63, 3.8) is 0 Å². The summed E-state index contributed by atoms with van der Waals surface area (Å²) in [5, 5.41) is 8.63. The van der Waals surface area contributed by atoms with Gasteiger partial charge in [-0.05, 0) is 43.3 Å². The third-order valence-electron chi connectivity index (χ3n) is 5.52. The van der Waals surface area contributed by atoms with Crippen molar-refractivity contribution in [2.75, 3.05) is 6.61 Å². The lowest BCUT2D eigenvalue weighted by Crippen LogP contribution is -2.43. The van der Waals surface area contributed by atoms with Crippen LogP contribution in [0.25, 0.3) is 11.3 Å². The smallest absolute Gasteiger partial charge is 0.303 e. The maximum atomic E-state index is 13.8. The molecule has 0 radical (unpaired) electrons. The number of ether oxygens (including phenoxy) is 4. The molecule has 0 fully saturated rings. The van der Waals surface area contributed by atoms with E-state index in [1.54, 1.807) is 25.1 Å². The van der Waals surface area contributed by atoms with Gasteiger partial charge in [-0.15, -0.1) is 5.10 Å². The minimum absolute atomic E-state index is 0.0997. The Bertz CT molecular complexity index is 1430. The zero-order valence-corrected chi connectivity index (χ0v) is 25.2. The van der Waals surface area contributed by atoms with E-state index in [1.807, 2.05) is 0 Å². The first kappa shape index (κ1) is 33.2. The summed E-state index contributed by atoms with van der Waals surface area (Å²) in [4.78, 5) is 36.0. The van der Waals surface area contributed by atoms with E-state index in [1.165, 1.54) is 37.7 Å². The van der Waals surface area contributed by atoms with Crippen LogP contribution >= 0.6 is 35.0 Å². The molecule has 0 N–H and O–H groups in total. The largest absolute Gasteiger partial charge is 0.463 e. The summed E-state index contributed by atoms with van der Waals surface area (Å²) in [6.07, 6.45) is -1.44. The Morgan fingerprint density at radius 3 is 2.26 bits per heavy atom. The van der Waals surface area contributed by atoms with Crippen molar-refractivity contribution in [2.24, 2.45) is 0 Å². The molecule has 0 bridgehead atoms. The number of halogens is 4. The van der Waals surface area contributed by atoms with Crippen molar-refractivity contribution in [3.8, 4) is 11.3 Å². The molecule has 15 heteroatoms. The van der Waals surface area contributed by atoms with Gasteiger partial charge in [0.25, 0.3) is 0 Å². The molecule has 0 aliphatic heterocycles. The van der Waals surface area contributed by atoms with Crippen LogP contribution in [0.1, 0.15) is 27.7 Å². The number of carbonyl (C=O) groups is 3. The fourth-order valence-electron chi connectivity index (χ4n) is 3.62. The first-order valence-electron chi connectivity index (χ1n) is 12.4. The van der Waals surface area contributed by atoms with Crippen LogP contribution in [-0.4, -0.2) is 63.3 Å². The number of rotatable bonds is 13. The molecule has 0 saturated carbocycles. The molecule has 3 rings (SSSR count). The molecule has 0 aliphatic carbocycles. The van der Waals surface area contributed by atoms with Crippen LogP contribution in [0.4, 0.5) is 8.78 Å². The van der Waals surface area contributed by atoms with E-state index in [2.05, 4.69) is 10.3 Å². The second kappa shape index (κ2) is 15.3. The second-order valence-corrected chi connectivity index (χ2v) is 10.9. The first-order valence-corrected chi connectivity index (χ1v) is 14.1. The Balaban J connectivity index is 1.97. The van der Waals surface area contributed by atoms with Gasteiger partial charge in [0.15, 0.2) is 17.7 Å². The van der Waals surface area contributed by atoms with Gasteiger partial charge in [0.2, 0.25) is 0 Å². The van der Waals surface area contributed by atoms with Gasteiger partial charge in [-0.2, -0.15) is 0 Å². The summed E-state index contributed by atoms with van der Waals surface area (Å²) >= 11 is 13.4. The van der Waals surface area contributed by atoms with Crippen molar-refractivity contribution >= 4 is 52.9 Å². The highest BCUT2D eigenvalue weighted by Gasteiger charge is 2.34. The van der Waals surface area contributed by atoms with E-state index in [0.29, 0.717) is 9.92 Å². The van der Waals surface area contributed by atoms with Crippen LogP contribution in [0, 0.1) is 11.6 Å². The minimum Gasteiger partial charge on any atom is -0.463 e. The topological polar surface area (TPSA) is 119 Å². The Morgan fingerprint density at radius 2 is 1.64 bits per heavy atom. The van der Waals surface area contributed by atoms with E-state index in [0.717, 1.165) is 23.9 Å². The quantitative estimate of drug-likeness (QED) is 0.102. The second-order valence-electron chi connectivity index (χ2n) is 8.96. The lowest BCUT2D eigenvalue weighted by atomic mass is 10.1. The maximum absolute atomic E-state index is 13.8. The Kier molecular flexibility index (Phi) is 12.1. The lowest BCUT2D eigenvalue weighted by molar-refractivity contribution is -0.170. The Hall–Kier alpha value is -3.26. The normalized spacial score (nSPS) is 14.0. The monoisotopic (exact) mass is 645 g/mol. The van der Waals surface area contributed by atoms with Gasteiger partial charge in [-0.3, -0.25) is 14.4 Å². The molecular weight excluding hydrogens is 619 g/mol. The van der Waals surface area contributed by atoms with Crippen LogP contribution in [-0.2, 0) is 39.9 Å². The van der Waals surface area contributed by atoms with Crippen molar-refractivity contribution in [1.82, 2.24) is 15.0 Å². The standard InChI is InChI=1S/C27H27Cl2F2N3O7S/c1-14(39-16(3)36)26(13-38-15(2)35)41-27(42-19-6-7-20(28)21(29)10-19)25(40-17(4)37)12-34-11-24(32-33-34)18-5-8-22(30)23(31)9-18/h5-11,14,25-27H,12-13H2,1-4H3/t14-,25+,26?,27?/m1/s1. The molecule has 2 aromatic carbocycles. The van der Waals surface area contributed by atoms with Crippen molar-refractivity contribution < 1.29 is 42.1 Å². The Labute approximate surface area is 254 Å². The van der Waals surface area contributed by atoms with Crippen LogP contribution < -0.4 is 0 Å². The van der Waals surface area contributed by atoms with E-state index in [4.69, 9.17) is 42.1 Å². The molecule has 0 aliphatic rings. The zero-order chi connectivity index (χ0) is 31.0. The maximum Gasteiger partial charge on any atom is 0.303 e.